The van der Waals surface area contributed by atoms with Crippen molar-refractivity contribution in [2.45, 2.75) is 12.2 Å². The molecular formula is C8H22N2O9. The van der Waals surface area contributed by atoms with Gasteiger partial charge in [0, 0.05) is 0 Å². The van der Waals surface area contributed by atoms with E-state index in [-0.39, 0.29) is 18.7 Å². The molecule has 0 aliphatic carbocycles. The van der Waals surface area contributed by atoms with E-state index in [4.69, 9.17) is 20.4 Å². The minimum absolute atomic E-state index is 0. The summed E-state index contributed by atoms with van der Waals surface area (Å²) in [6.45, 7) is 1.67. The van der Waals surface area contributed by atoms with Gasteiger partial charge in [0.1, 0.15) is 12.2 Å². The fourth-order valence-corrected chi connectivity index (χ4v) is 0.258. The van der Waals surface area contributed by atoms with Crippen molar-refractivity contribution in [3.05, 3.63) is 0 Å². The summed E-state index contributed by atoms with van der Waals surface area (Å²) in [5, 5.41) is 51.4. The van der Waals surface area contributed by atoms with Crippen LogP contribution in [0.5, 0.6) is 0 Å². The fraction of sp³-hybridized carbons (Fsp3) is 0.750. The molecule has 0 aromatic heterocycles. The molecule has 11 heteroatoms. The maximum atomic E-state index is 9.63. The van der Waals surface area contributed by atoms with Crippen molar-refractivity contribution in [2.24, 2.45) is 0 Å². The molecule has 0 aromatic rings. The first-order chi connectivity index (χ1) is 8.29. The van der Waals surface area contributed by atoms with Crippen LogP contribution in [0.4, 0.5) is 0 Å². The normalized spacial score (nSPS) is 11.5. The van der Waals surface area contributed by atoms with Gasteiger partial charge in [-0.3, -0.25) is 0 Å². The second kappa shape index (κ2) is 19.0. The van der Waals surface area contributed by atoms with E-state index in [1.54, 1.807) is 0 Å². The number of carboxylic acids is 2. The number of hydrogen-bond donors (Lipinski definition) is 6. The molecule has 0 saturated heterocycles. The number of aliphatic hydroxyl groups is 4. The molecule has 0 saturated carbocycles. The molecule has 118 valence electrons. The summed E-state index contributed by atoms with van der Waals surface area (Å²) in [5.74, 6) is -4.12. The average molecular weight is 290 g/mol. The second-order valence-corrected chi connectivity index (χ2v) is 2.68. The quantitative estimate of drug-likeness (QED) is 0.282. The van der Waals surface area contributed by atoms with Gasteiger partial charge in [-0.25, -0.2) is 0 Å². The molecule has 0 fully saturated rings. The van der Waals surface area contributed by atoms with Crippen LogP contribution < -0.4 is 21.7 Å². The molecule has 11 nitrogen and oxygen atoms in total. The Morgan fingerprint density at radius 3 is 1.11 bits per heavy atom. The van der Waals surface area contributed by atoms with E-state index in [2.05, 4.69) is 11.5 Å². The van der Waals surface area contributed by atoms with Crippen LogP contribution in [0.2, 0.25) is 0 Å². The first-order valence-electron chi connectivity index (χ1n) is 4.88. The third kappa shape index (κ3) is 22.3. The van der Waals surface area contributed by atoms with E-state index in [0.29, 0.717) is 13.1 Å². The topological polar surface area (TPSA) is 248 Å². The molecule has 0 aromatic carbocycles. The lowest BCUT2D eigenvalue weighted by atomic mass is 10.2. The predicted octanol–water partition coefficient (Wildman–Crippen LogP) is -9.18. The summed E-state index contributed by atoms with van der Waals surface area (Å²) in [5.41, 5.74) is 6.71. The van der Waals surface area contributed by atoms with Crippen LogP contribution in [0, 0.1) is 0 Å². The summed E-state index contributed by atoms with van der Waals surface area (Å²) < 4.78 is 0. The Bertz CT molecular complexity index is 188. The summed E-state index contributed by atoms with van der Waals surface area (Å²) in [7, 11) is 0. The lowest BCUT2D eigenvalue weighted by Crippen LogP contribution is -2.51. The monoisotopic (exact) mass is 290 g/mol. The first-order valence-corrected chi connectivity index (χ1v) is 4.88. The molecule has 0 spiro atoms. The Kier molecular flexibility index (Phi) is 26.3. The first kappa shape index (κ1) is 26.3. The third-order valence-corrected chi connectivity index (χ3v) is 1.10. The van der Waals surface area contributed by atoms with Gasteiger partial charge in [0.25, 0.3) is 0 Å². The zero-order valence-electron chi connectivity index (χ0n) is 10.3. The zero-order chi connectivity index (χ0) is 15.1. The fourth-order valence-electron chi connectivity index (χ4n) is 0.258. The molecule has 0 bridgehead atoms. The van der Waals surface area contributed by atoms with Gasteiger partial charge in [-0.05, 0) is 0 Å². The lowest BCUT2D eigenvalue weighted by molar-refractivity contribution is -0.372. The summed E-state index contributed by atoms with van der Waals surface area (Å²) in [4.78, 5) is 19.3. The number of hydrogen-bond acceptors (Lipinski definition) is 8. The molecule has 0 aliphatic rings. The van der Waals surface area contributed by atoms with Gasteiger partial charge in [-0.1, -0.05) is 0 Å². The zero-order valence-corrected chi connectivity index (χ0v) is 10.3. The number of quaternary nitrogens is 2. The standard InChI is InChI=1S/C4H6O6.2C2H7NO.H2O/c5-1(3(7)8)2(6)4(9)10;2*3-1-2-4;/h1-2,5-6H,(H,7,8)(H,9,10);2*4H,1-3H2;1H2/t1-,2-;;;/m1.../s1. The van der Waals surface area contributed by atoms with Gasteiger partial charge in [0.05, 0.1) is 38.2 Å². The lowest BCUT2D eigenvalue weighted by Gasteiger charge is -2.18. The van der Waals surface area contributed by atoms with Crippen molar-refractivity contribution in [1.82, 2.24) is 0 Å². The molecule has 0 unspecified atom stereocenters. The van der Waals surface area contributed by atoms with Crippen molar-refractivity contribution in [3.63, 3.8) is 0 Å². The highest BCUT2D eigenvalue weighted by molar-refractivity contribution is 5.80. The number of carbonyl (C=O) groups is 2. The van der Waals surface area contributed by atoms with E-state index in [1.165, 1.54) is 0 Å². The molecule has 2 atom stereocenters. The Morgan fingerprint density at radius 1 is 0.895 bits per heavy atom. The van der Waals surface area contributed by atoms with Crippen LogP contribution in [0.1, 0.15) is 0 Å². The van der Waals surface area contributed by atoms with Crippen molar-refractivity contribution in [2.75, 3.05) is 26.3 Å². The number of rotatable bonds is 5. The van der Waals surface area contributed by atoms with Crippen molar-refractivity contribution >= 4 is 11.9 Å². The van der Waals surface area contributed by atoms with E-state index < -0.39 is 24.1 Å². The van der Waals surface area contributed by atoms with Gasteiger partial charge in [-0.15, -0.1) is 0 Å². The smallest absolute Gasteiger partial charge is 0.124 e. The Hall–Kier alpha value is -1.34. The Balaban J connectivity index is -0.000000105. The van der Waals surface area contributed by atoms with Crippen LogP contribution in [-0.2, 0) is 9.59 Å². The maximum absolute atomic E-state index is 9.63. The van der Waals surface area contributed by atoms with Crippen molar-refractivity contribution in [3.8, 4) is 0 Å². The highest BCUT2D eigenvalue weighted by Crippen LogP contribution is 1.88. The molecule has 0 amide bonds. The highest BCUT2D eigenvalue weighted by Gasteiger charge is 2.17. The summed E-state index contributed by atoms with van der Waals surface area (Å²) in [6, 6.07) is 0. The van der Waals surface area contributed by atoms with Gasteiger partial charge in [-0.2, -0.15) is 0 Å². The van der Waals surface area contributed by atoms with E-state index in [1.807, 2.05) is 0 Å². The third-order valence-electron chi connectivity index (χ3n) is 1.10. The average Bonchev–Trinajstić information content (AvgIpc) is 2.37. The summed E-state index contributed by atoms with van der Waals surface area (Å²) >= 11 is 0. The largest absolute Gasteiger partial charge is 0.547 e. The van der Waals surface area contributed by atoms with E-state index >= 15 is 0 Å². The van der Waals surface area contributed by atoms with Crippen LogP contribution >= 0.6 is 0 Å². The minimum atomic E-state index is -2.44. The van der Waals surface area contributed by atoms with Crippen molar-refractivity contribution < 1.29 is 57.2 Å². The highest BCUT2D eigenvalue weighted by atomic mass is 16.4. The van der Waals surface area contributed by atoms with Gasteiger partial charge in [0.2, 0.25) is 0 Å². The number of carboxylic acid groups (broad SMARTS) is 2. The molecule has 0 radical (unpaired) electrons. The molecule has 0 heterocycles. The minimum Gasteiger partial charge on any atom is -0.547 e. The predicted molar refractivity (Wildman–Crippen MR) is 55.3 cm³/mol. The van der Waals surface area contributed by atoms with E-state index in [0.717, 1.165) is 0 Å². The van der Waals surface area contributed by atoms with Gasteiger partial charge < -0.3 is 57.2 Å². The Morgan fingerprint density at radius 2 is 1.05 bits per heavy atom. The van der Waals surface area contributed by atoms with Crippen molar-refractivity contribution in [1.29, 1.82) is 0 Å². The number of aliphatic carboxylic acids is 2. The van der Waals surface area contributed by atoms with Crippen LogP contribution in [0.15, 0.2) is 0 Å². The van der Waals surface area contributed by atoms with Crippen LogP contribution in [0.25, 0.3) is 0 Å². The molecule has 19 heavy (non-hydrogen) atoms. The molecule has 0 rings (SSSR count). The van der Waals surface area contributed by atoms with E-state index in [9.17, 15) is 19.8 Å². The number of aliphatic hydroxyl groups excluding tert-OH is 4. The molecule has 12 N–H and O–H groups in total. The van der Waals surface area contributed by atoms with Gasteiger partial charge in [0.15, 0.2) is 0 Å². The maximum Gasteiger partial charge on any atom is 0.124 e. The van der Waals surface area contributed by atoms with Gasteiger partial charge >= 0.3 is 0 Å². The Labute approximate surface area is 109 Å². The van der Waals surface area contributed by atoms with Crippen LogP contribution in [-0.4, -0.2) is 76.4 Å². The second-order valence-electron chi connectivity index (χ2n) is 2.68. The van der Waals surface area contributed by atoms with Crippen LogP contribution in [0.3, 0.4) is 0 Å². The molecular weight excluding hydrogens is 268 g/mol. The SMILES string of the molecule is O.O=C([O-])[C@H](O)[C@@H](O)C(=O)[O-].[NH3+]CCO.[NH3+]CCO. The number of carbonyl (C=O) groups excluding carboxylic acids is 2. The summed E-state index contributed by atoms with van der Waals surface area (Å²) in [6.07, 6.45) is -4.88. The molecule has 0 aliphatic heterocycles.